The van der Waals surface area contributed by atoms with E-state index in [1.807, 2.05) is 0 Å². The fourth-order valence-corrected chi connectivity index (χ4v) is 2.63. The molecule has 0 aromatic heterocycles. The van der Waals surface area contributed by atoms with Crippen molar-refractivity contribution >= 4 is 40.1 Å². The first-order valence-electron chi connectivity index (χ1n) is 6.07. The van der Waals surface area contributed by atoms with Gasteiger partial charge < -0.3 is 15.8 Å². The van der Waals surface area contributed by atoms with E-state index in [4.69, 9.17) is 15.9 Å². The van der Waals surface area contributed by atoms with Gasteiger partial charge in [-0.2, -0.15) is 0 Å². The minimum absolute atomic E-state index is 0.0105. The summed E-state index contributed by atoms with van der Waals surface area (Å²) < 4.78 is 5.03. The average Bonchev–Trinajstić information content (AvgIpc) is 2.47. The van der Waals surface area contributed by atoms with Gasteiger partial charge in [0, 0.05) is 5.69 Å². The van der Waals surface area contributed by atoms with Crippen molar-refractivity contribution < 1.29 is 14.3 Å². The summed E-state index contributed by atoms with van der Waals surface area (Å²) in [7, 11) is 1.56. The van der Waals surface area contributed by atoms with Crippen LogP contribution in [-0.2, 0) is 9.59 Å². The average molecular weight is 306 g/mol. The lowest BCUT2D eigenvalue weighted by Crippen LogP contribution is -2.34. The summed E-state index contributed by atoms with van der Waals surface area (Å²) in [6.45, 7) is 0. The fraction of sp³-hybridized carbons (Fsp3) is 0.231. The van der Waals surface area contributed by atoms with Crippen molar-refractivity contribution in [3.63, 3.8) is 0 Å². The Bertz CT molecular complexity index is 612. The lowest BCUT2D eigenvalue weighted by atomic mass is 10.2. The van der Waals surface area contributed by atoms with Gasteiger partial charge in [0.15, 0.2) is 0 Å². The maximum atomic E-state index is 12.2. The van der Waals surface area contributed by atoms with Crippen LogP contribution in [0, 0.1) is 5.41 Å². The molecule has 0 saturated carbocycles. The van der Waals surface area contributed by atoms with Gasteiger partial charge in [0.05, 0.1) is 18.8 Å². The normalized spacial score (nSPS) is 17.9. The van der Waals surface area contributed by atoms with Gasteiger partial charge in [0.2, 0.25) is 11.8 Å². The summed E-state index contributed by atoms with van der Waals surface area (Å²) in [4.78, 5) is 27.3. The summed E-state index contributed by atoms with van der Waals surface area (Å²) in [5, 5.41) is 9.45. The number of nitrogens with two attached hydrogens (primary N) is 1. The lowest BCUT2D eigenvalue weighted by Gasteiger charge is -2.19. The Hall–Kier alpha value is -2.35. The first-order chi connectivity index (χ1) is 9.99. The molecule has 2 rings (SSSR count). The number of aliphatic imine (C=N–C) groups is 1. The van der Waals surface area contributed by atoms with Crippen molar-refractivity contribution in [3.8, 4) is 5.75 Å². The highest BCUT2D eigenvalue weighted by Crippen LogP contribution is 2.24. The van der Waals surface area contributed by atoms with Crippen LogP contribution < -0.4 is 15.8 Å². The molecule has 0 bridgehead atoms. The number of nitrogens with one attached hydrogen (secondary N) is 2. The van der Waals surface area contributed by atoms with Gasteiger partial charge >= 0.3 is 0 Å². The van der Waals surface area contributed by atoms with Gasteiger partial charge in [0.1, 0.15) is 16.6 Å². The predicted molar refractivity (Wildman–Crippen MR) is 82.0 cm³/mol. The molecule has 1 aliphatic heterocycles. The molecule has 2 amide bonds. The molecular weight excluding hydrogens is 292 g/mol. The molecule has 0 aliphatic carbocycles. The molecule has 4 N–H and O–H groups in total. The standard InChI is InChI=1S/C13H14N4O3S/c1-20-8-4-2-7(3-5-8)16-12(19)9-6-10(18)17-13(21-9)11(14)15/h2-5,9H,6H2,1H3,(H3,14,15)(H,16,19)/t9-/m1/s1. The molecule has 21 heavy (non-hydrogen) atoms. The largest absolute Gasteiger partial charge is 0.497 e. The molecule has 110 valence electrons. The van der Waals surface area contributed by atoms with E-state index >= 15 is 0 Å². The minimum Gasteiger partial charge on any atom is -0.497 e. The minimum atomic E-state index is -0.643. The van der Waals surface area contributed by atoms with Crippen LogP contribution in [0.5, 0.6) is 5.75 Å². The van der Waals surface area contributed by atoms with Gasteiger partial charge in [-0.1, -0.05) is 11.8 Å². The number of thioether (sulfide) groups is 1. The molecule has 1 aromatic carbocycles. The van der Waals surface area contributed by atoms with Crippen molar-refractivity contribution in [2.75, 3.05) is 12.4 Å². The first kappa shape index (κ1) is 15.0. The number of rotatable bonds is 4. The number of hydrogen-bond donors (Lipinski definition) is 3. The van der Waals surface area contributed by atoms with Gasteiger partial charge in [-0.15, -0.1) is 0 Å². The van der Waals surface area contributed by atoms with E-state index in [-0.39, 0.29) is 23.2 Å². The quantitative estimate of drug-likeness (QED) is 0.566. The van der Waals surface area contributed by atoms with Crippen molar-refractivity contribution in [2.45, 2.75) is 11.7 Å². The number of anilines is 1. The van der Waals surface area contributed by atoms with E-state index in [9.17, 15) is 9.59 Å². The Morgan fingerprint density at radius 1 is 1.48 bits per heavy atom. The SMILES string of the molecule is COc1ccc(NC(=O)[C@H]2CC(=O)N=C(C(=N)N)S2)cc1. The van der Waals surface area contributed by atoms with Crippen LogP contribution in [0.15, 0.2) is 29.3 Å². The molecule has 1 heterocycles. The number of nitrogens with zero attached hydrogens (tertiary/aromatic N) is 1. The molecule has 0 saturated heterocycles. The molecular formula is C13H14N4O3S. The maximum absolute atomic E-state index is 12.2. The van der Waals surface area contributed by atoms with Crippen LogP contribution in [-0.4, -0.2) is 35.1 Å². The highest BCUT2D eigenvalue weighted by Gasteiger charge is 2.30. The molecule has 1 atom stereocenters. The van der Waals surface area contributed by atoms with E-state index in [0.717, 1.165) is 11.8 Å². The number of ether oxygens (including phenoxy) is 1. The third-order valence-electron chi connectivity index (χ3n) is 2.72. The molecule has 0 radical (unpaired) electrons. The van der Waals surface area contributed by atoms with E-state index in [2.05, 4.69) is 10.3 Å². The second kappa shape index (κ2) is 6.40. The number of carbonyl (C=O) groups is 2. The highest BCUT2D eigenvalue weighted by molar-refractivity contribution is 8.16. The summed E-state index contributed by atoms with van der Waals surface area (Å²) in [6.07, 6.45) is -0.0105. The molecule has 1 aliphatic rings. The van der Waals surface area contributed by atoms with Crippen LogP contribution in [0.2, 0.25) is 0 Å². The molecule has 0 unspecified atom stereocenters. The molecule has 7 nitrogen and oxygen atoms in total. The zero-order chi connectivity index (χ0) is 15.4. The number of amidine groups is 1. The van der Waals surface area contributed by atoms with E-state index in [1.54, 1.807) is 31.4 Å². The molecule has 8 heteroatoms. The lowest BCUT2D eigenvalue weighted by molar-refractivity contribution is -0.121. The fourth-order valence-electron chi connectivity index (χ4n) is 1.69. The monoisotopic (exact) mass is 306 g/mol. The summed E-state index contributed by atoms with van der Waals surface area (Å²) in [5.74, 6) is -0.405. The van der Waals surface area contributed by atoms with Gasteiger partial charge in [-0.25, -0.2) is 4.99 Å². The van der Waals surface area contributed by atoms with E-state index in [0.29, 0.717) is 11.4 Å². The Morgan fingerprint density at radius 3 is 2.71 bits per heavy atom. The number of methoxy groups -OCH3 is 1. The van der Waals surface area contributed by atoms with Crippen molar-refractivity contribution in [1.29, 1.82) is 5.41 Å². The summed E-state index contributed by atoms with van der Waals surface area (Å²) in [6, 6.07) is 6.84. The third kappa shape index (κ3) is 3.82. The van der Waals surface area contributed by atoms with Gasteiger partial charge in [-0.3, -0.25) is 15.0 Å². The zero-order valence-corrected chi connectivity index (χ0v) is 12.1. The van der Waals surface area contributed by atoms with Crippen LogP contribution in [0.25, 0.3) is 0 Å². The van der Waals surface area contributed by atoms with Crippen molar-refractivity contribution in [2.24, 2.45) is 10.7 Å². The Labute approximate surface area is 125 Å². The second-order valence-electron chi connectivity index (χ2n) is 4.25. The van der Waals surface area contributed by atoms with Gasteiger partial charge in [-0.05, 0) is 24.3 Å². The Kier molecular flexibility index (Phi) is 4.59. The topological polar surface area (TPSA) is 118 Å². The second-order valence-corrected chi connectivity index (χ2v) is 5.44. The first-order valence-corrected chi connectivity index (χ1v) is 6.95. The van der Waals surface area contributed by atoms with E-state index in [1.165, 1.54) is 0 Å². The smallest absolute Gasteiger partial charge is 0.248 e. The predicted octanol–water partition coefficient (Wildman–Crippen LogP) is 1.00. The Balaban J connectivity index is 2.04. The summed E-state index contributed by atoms with van der Waals surface area (Å²) >= 11 is 1.02. The number of hydrogen-bond acceptors (Lipinski definition) is 5. The summed E-state index contributed by atoms with van der Waals surface area (Å²) in [5.41, 5.74) is 5.91. The number of amides is 2. The van der Waals surface area contributed by atoms with Crippen molar-refractivity contribution in [3.05, 3.63) is 24.3 Å². The number of carbonyl (C=O) groups excluding carboxylic acids is 2. The highest BCUT2D eigenvalue weighted by atomic mass is 32.2. The van der Waals surface area contributed by atoms with E-state index < -0.39 is 11.2 Å². The molecule has 0 spiro atoms. The molecule has 1 aromatic rings. The van der Waals surface area contributed by atoms with Crippen LogP contribution >= 0.6 is 11.8 Å². The number of benzene rings is 1. The maximum Gasteiger partial charge on any atom is 0.248 e. The van der Waals surface area contributed by atoms with Crippen molar-refractivity contribution in [1.82, 2.24) is 0 Å². The third-order valence-corrected chi connectivity index (χ3v) is 3.92. The van der Waals surface area contributed by atoms with Crippen LogP contribution in [0.3, 0.4) is 0 Å². The van der Waals surface area contributed by atoms with Crippen LogP contribution in [0.1, 0.15) is 6.42 Å². The molecule has 0 fully saturated rings. The zero-order valence-electron chi connectivity index (χ0n) is 11.3. The van der Waals surface area contributed by atoms with Crippen LogP contribution in [0.4, 0.5) is 5.69 Å². The Morgan fingerprint density at radius 2 is 2.14 bits per heavy atom. The van der Waals surface area contributed by atoms with Gasteiger partial charge in [0.25, 0.3) is 0 Å².